The lowest BCUT2D eigenvalue weighted by Gasteiger charge is -2.09. The average molecular weight is 183 g/mol. The predicted octanol–water partition coefficient (Wildman–Crippen LogP) is -1.93. The minimum absolute atomic E-state index is 0.655. The second-order valence-electron chi connectivity index (χ2n) is 3.08. The molecule has 0 spiro atoms. The fourth-order valence-electron chi connectivity index (χ4n) is 1.41. The molecule has 3 N–H and O–H groups in total. The summed E-state index contributed by atoms with van der Waals surface area (Å²) in [7, 11) is 1.77. The summed E-state index contributed by atoms with van der Waals surface area (Å²) in [4.78, 5) is 10.6. The van der Waals surface area contributed by atoms with Crippen molar-refractivity contribution in [3.05, 3.63) is 17.0 Å². The number of carbonyl (C=O) groups excluding carboxylic acids is 1. The van der Waals surface area contributed by atoms with Crippen LogP contribution in [-0.4, -0.2) is 15.7 Å². The maximum atomic E-state index is 10.6. The quantitative estimate of drug-likeness (QED) is 0.579. The Morgan fingerprint density at radius 1 is 1.62 bits per heavy atom. The van der Waals surface area contributed by atoms with E-state index in [9.17, 15) is 9.90 Å². The van der Waals surface area contributed by atoms with E-state index in [1.807, 2.05) is 6.92 Å². The van der Waals surface area contributed by atoms with E-state index in [-0.39, 0.29) is 0 Å². The molecule has 0 bridgehead atoms. The molecule has 0 fully saturated rings. The first kappa shape index (κ1) is 9.73. The maximum Gasteiger partial charge on any atom is 0.154 e. The van der Waals surface area contributed by atoms with Crippen molar-refractivity contribution in [2.24, 2.45) is 7.05 Å². The zero-order valence-electron chi connectivity index (χ0n) is 8.00. The highest BCUT2D eigenvalue weighted by atomic mass is 16.4. The summed E-state index contributed by atoms with van der Waals surface area (Å²) in [5.41, 5.74) is 5.70. The van der Waals surface area contributed by atoms with Gasteiger partial charge in [-0.25, -0.2) is 0 Å². The second kappa shape index (κ2) is 3.18. The first-order valence-corrected chi connectivity index (χ1v) is 3.99. The summed E-state index contributed by atoms with van der Waals surface area (Å²) in [5, 5.41) is 14.7. The van der Waals surface area contributed by atoms with Crippen molar-refractivity contribution >= 4 is 5.97 Å². The van der Waals surface area contributed by atoms with Crippen LogP contribution in [0.5, 0.6) is 0 Å². The standard InChI is InChI=1S/C8H13N3O2/c1-4-6(7(9)8(12)13)5(2)11(3)10-4/h7H,9H2,1-3H3,(H,12,13)/t7-/m0/s1. The van der Waals surface area contributed by atoms with E-state index in [4.69, 9.17) is 0 Å². The minimum atomic E-state index is -1.17. The van der Waals surface area contributed by atoms with E-state index in [0.29, 0.717) is 11.3 Å². The van der Waals surface area contributed by atoms with Crippen molar-refractivity contribution in [1.82, 2.24) is 9.78 Å². The Bertz CT molecular complexity index is 343. The summed E-state index contributed by atoms with van der Waals surface area (Å²) in [6, 6.07) is -0.839. The molecular formula is C8H13N3O2. The number of carboxylic acid groups (broad SMARTS) is 1. The molecule has 0 aliphatic rings. The molecule has 0 aromatic carbocycles. The van der Waals surface area contributed by atoms with Crippen molar-refractivity contribution < 1.29 is 15.6 Å². The van der Waals surface area contributed by atoms with Crippen molar-refractivity contribution in [2.75, 3.05) is 0 Å². The third-order valence-electron chi connectivity index (χ3n) is 2.20. The highest BCUT2D eigenvalue weighted by molar-refractivity contribution is 5.72. The van der Waals surface area contributed by atoms with Gasteiger partial charge in [0.2, 0.25) is 0 Å². The molecule has 0 aliphatic heterocycles. The van der Waals surface area contributed by atoms with Crippen LogP contribution < -0.4 is 10.8 Å². The lowest BCUT2D eigenvalue weighted by Crippen LogP contribution is -2.61. The topological polar surface area (TPSA) is 85.6 Å². The van der Waals surface area contributed by atoms with Crippen LogP contribution in [0.4, 0.5) is 0 Å². The van der Waals surface area contributed by atoms with E-state index in [2.05, 4.69) is 10.8 Å². The number of aromatic nitrogens is 2. The van der Waals surface area contributed by atoms with Gasteiger partial charge in [-0.3, -0.25) is 4.68 Å². The number of aliphatic carboxylic acids is 1. The highest BCUT2D eigenvalue weighted by Crippen LogP contribution is 2.16. The van der Waals surface area contributed by atoms with E-state index < -0.39 is 12.0 Å². The van der Waals surface area contributed by atoms with Gasteiger partial charge in [0.15, 0.2) is 6.04 Å². The van der Waals surface area contributed by atoms with Gasteiger partial charge in [0.05, 0.1) is 11.3 Å². The van der Waals surface area contributed by atoms with Gasteiger partial charge in [-0.1, -0.05) is 0 Å². The molecule has 0 aliphatic carbocycles. The fraction of sp³-hybridized carbons (Fsp3) is 0.500. The van der Waals surface area contributed by atoms with Gasteiger partial charge in [-0.15, -0.1) is 0 Å². The number of aryl methyl sites for hydroxylation is 2. The molecule has 1 atom stereocenters. The molecular weight excluding hydrogens is 170 g/mol. The molecule has 5 nitrogen and oxygen atoms in total. The van der Waals surface area contributed by atoms with E-state index >= 15 is 0 Å². The normalized spacial score (nSPS) is 12.9. The van der Waals surface area contributed by atoms with Gasteiger partial charge >= 0.3 is 0 Å². The van der Waals surface area contributed by atoms with Crippen LogP contribution in [0.25, 0.3) is 0 Å². The van der Waals surface area contributed by atoms with Crippen molar-refractivity contribution in [2.45, 2.75) is 19.9 Å². The lowest BCUT2D eigenvalue weighted by molar-refractivity contribution is -0.443. The lowest BCUT2D eigenvalue weighted by atomic mass is 10.1. The van der Waals surface area contributed by atoms with Crippen LogP contribution in [0, 0.1) is 13.8 Å². The predicted molar refractivity (Wildman–Crippen MR) is 43.3 cm³/mol. The molecule has 1 aromatic heterocycles. The Hall–Kier alpha value is -1.36. The Morgan fingerprint density at radius 3 is 2.46 bits per heavy atom. The van der Waals surface area contributed by atoms with Gasteiger partial charge in [0.1, 0.15) is 5.97 Å². The van der Waals surface area contributed by atoms with Gasteiger partial charge in [0, 0.05) is 12.7 Å². The van der Waals surface area contributed by atoms with Crippen LogP contribution in [0.2, 0.25) is 0 Å². The zero-order valence-corrected chi connectivity index (χ0v) is 8.00. The molecule has 0 radical (unpaired) electrons. The summed E-state index contributed by atoms with van der Waals surface area (Å²) in [6.07, 6.45) is 0. The number of hydrogen-bond acceptors (Lipinski definition) is 3. The third kappa shape index (κ3) is 1.55. The first-order chi connectivity index (χ1) is 5.95. The largest absolute Gasteiger partial charge is 0.544 e. The molecule has 5 heteroatoms. The van der Waals surface area contributed by atoms with Crippen molar-refractivity contribution in [1.29, 1.82) is 0 Å². The van der Waals surface area contributed by atoms with Gasteiger partial charge in [-0.2, -0.15) is 5.10 Å². The van der Waals surface area contributed by atoms with Crippen LogP contribution in [-0.2, 0) is 11.8 Å². The molecule has 0 saturated carbocycles. The molecule has 1 rings (SSSR count). The molecule has 0 unspecified atom stereocenters. The number of hydrogen-bond donors (Lipinski definition) is 1. The zero-order chi connectivity index (χ0) is 10.2. The highest BCUT2D eigenvalue weighted by Gasteiger charge is 2.20. The maximum absolute atomic E-state index is 10.6. The van der Waals surface area contributed by atoms with Crippen LogP contribution in [0.15, 0.2) is 0 Å². The van der Waals surface area contributed by atoms with Crippen LogP contribution in [0.1, 0.15) is 23.0 Å². The average Bonchev–Trinajstić information content (AvgIpc) is 2.26. The first-order valence-electron chi connectivity index (χ1n) is 3.99. The van der Waals surface area contributed by atoms with E-state index in [0.717, 1.165) is 5.69 Å². The number of carbonyl (C=O) groups is 1. The number of carboxylic acids is 1. The van der Waals surface area contributed by atoms with Gasteiger partial charge in [0.25, 0.3) is 0 Å². The Balaban J connectivity index is 3.20. The summed E-state index contributed by atoms with van der Waals surface area (Å²) >= 11 is 0. The van der Waals surface area contributed by atoms with E-state index in [1.165, 1.54) is 0 Å². The van der Waals surface area contributed by atoms with Crippen LogP contribution in [0.3, 0.4) is 0 Å². The Kier molecular flexibility index (Phi) is 2.38. The van der Waals surface area contributed by atoms with Crippen molar-refractivity contribution in [3.63, 3.8) is 0 Å². The molecule has 72 valence electrons. The summed E-state index contributed by atoms with van der Waals surface area (Å²) in [5.74, 6) is -1.17. The number of rotatable bonds is 2. The summed E-state index contributed by atoms with van der Waals surface area (Å²) in [6.45, 7) is 3.58. The van der Waals surface area contributed by atoms with E-state index in [1.54, 1.807) is 18.7 Å². The number of quaternary nitrogens is 1. The molecule has 1 aromatic rings. The monoisotopic (exact) mass is 183 g/mol. The van der Waals surface area contributed by atoms with Crippen LogP contribution >= 0.6 is 0 Å². The molecule has 0 amide bonds. The second-order valence-corrected chi connectivity index (χ2v) is 3.08. The number of nitrogens with zero attached hydrogens (tertiary/aromatic N) is 2. The van der Waals surface area contributed by atoms with Gasteiger partial charge < -0.3 is 15.6 Å². The third-order valence-corrected chi connectivity index (χ3v) is 2.20. The SMILES string of the molecule is Cc1nn(C)c(C)c1[C@H]([NH3+])C(=O)[O-]. The molecule has 1 heterocycles. The van der Waals surface area contributed by atoms with Gasteiger partial charge in [-0.05, 0) is 13.8 Å². The van der Waals surface area contributed by atoms with Crippen molar-refractivity contribution in [3.8, 4) is 0 Å². The molecule has 0 saturated heterocycles. The Morgan fingerprint density at radius 2 is 2.15 bits per heavy atom. The molecule has 13 heavy (non-hydrogen) atoms. The fourth-order valence-corrected chi connectivity index (χ4v) is 1.41. The summed E-state index contributed by atoms with van der Waals surface area (Å²) < 4.78 is 1.64. The Labute approximate surface area is 76.2 Å². The smallest absolute Gasteiger partial charge is 0.154 e. The minimum Gasteiger partial charge on any atom is -0.544 e.